The van der Waals surface area contributed by atoms with Gasteiger partial charge in [-0.15, -0.1) is 5.10 Å². The molecule has 0 saturated carbocycles. The SMILES string of the molecule is O=[N+]([O-])c1ccc(-n2cc(COc3ccc(C=NNc4c5c(nc6ccccc46)CCCC5)cc3)nn2)cc1. The maximum absolute atomic E-state index is 10.8. The zero-order chi connectivity index (χ0) is 26.6. The molecule has 39 heavy (non-hydrogen) atoms. The van der Waals surface area contributed by atoms with Crippen LogP contribution in [0.2, 0.25) is 0 Å². The number of fused-ring (bicyclic) bond motifs is 2. The Hall–Kier alpha value is -5.12. The fourth-order valence-corrected chi connectivity index (χ4v) is 4.70. The van der Waals surface area contributed by atoms with Gasteiger partial charge < -0.3 is 4.74 Å². The summed E-state index contributed by atoms with van der Waals surface area (Å²) < 4.78 is 7.41. The molecule has 10 nitrogen and oxygen atoms in total. The van der Waals surface area contributed by atoms with E-state index in [1.807, 2.05) is 42.5 Å². The second-order valence-corrected chi connectivity index (χ2v) is 9.29. The van der Waals surface area contributed by atoms with Crippen molar-refractivity contribution in [2.75, 3.05) is 5.43 Å². The Balaban J connectivity index is 1.09. The van der Waals surface area contributed by atoms with E-state index < -0.39 is 4.92 Å². The van der Waals surface area contributed by atoms with E-state index in [4.69, 9.17) is 9.72 Å². The number of anilines is 1. The molecular weight excluding hydrogens is 494 g/mol. The number of nitrogens with one attached hydrogen (secondary N) is 1. The van der Waals surface area contributed by atoms with E-state index in [1.165, 1.54) is 36.2 Å². The lowest BCUT2D eigenvalue weighted by Gasteiger charge is -2.20. The largest absolute Gasteiger partial charge is 0.487 e. The number of hydrogen-bond acceptors (Lipinski definition) is 8. The number of hydrogen-bond donors (Lipinski definition) is 1. The van der Waals surface area contributed by atoms with Gasteiger partial charge in [-0.25, -0.2) is 4.68 Å². The summed E-state index contributed by atoms with van der Waals surface area (Å²) in [5.41, 5.74) is 10.1. The Morgan fingerprint density at radius 2 is 1.82 bits per heavy atom. The van der Waals surface area contributed by atoms with Crippen molar-refractivity contribution in [3.63, 3.8) is 0 Å². The van der Waals surface area contributed by atoms with Crippen molar-refractivity contribution in [2.24, 2.45) is 5.10 Å². The fraction of sp³-hybridized carbons (Fsp3) is 0.172. The monoisotopic (exact) mass is 519 g/mol. The molecule has 1 aliphatic carbocycles. The highest BCUT2D eigenvalue weighted by Gasteiger charge is 2.17. The number of nitrogens with zero attached hydrogens (tertiary/aromatic N) is 6. The van der Waals surface area contributed by atoms with Crippen LogP contribution in [-0.2, 0) is 19.4 Å². The van der Waals surface area contributed by atoms with Crippen molar-refractivity contribution in [1.29, 1.82) is 0 Å². The van der Waals surface area contributed by atoms with Crippen molar-refractivity contribution in [3.05, 3.63) is 112 Å². The highest BCUT2D eigenvalue weighted by molar-refractivity contribution is 5.94. The van der Waals surface area contributed by atoms with Gasteiger partial charge in [0.05, 0.1) is 34.2 Å². The van der Waals surface area contributed by atoms with Gasteiger partial charge in [0.1, 0.15) is 18.1 Å². The zero-order valence-corrected chi connectivity index (χ0v) is 21.0. The van der Waals surface area contributed by atoms with E-state index in [0.717, 1.165) is 35.0 Å². The molecule has 1 N–H and O–H groups in total. The lowest BCUT2D eigenvalue weighted by Crippen LogP contribution is -2.09. The molecule has 194 valence electrons. The first-order chi connectivity index (χ1) is 19.1. The third-order valence-corrected chi connectivity index (χ3v) is 6.69. The Bertz CT molecular complexity index is 1660. The van der Waals surface area contributed by atoms with Gasteiger partial charge in [-0.1, -0.05) is 23.4 Å². The number of aromatic nitrogens is 4. The predicted molar refractivity (Wildman–Crippen MR) is 148 cm³/mol. The van der Waals surface area contributed by atoms with Crippen LogP contribution < -0.4 is 10.2 Å². The normalized spacial score (nSPS) is 12.9. The van der Waals surface area contributed by atoms with Gasteiger partial charge in [0.25, 0.3) is 5.69 Å². The van der Waals surface area contributed by atoms with Gasteiger partial charge in [0, 0.05) is 23.2 Å². The van der Waals surface area contributed by atoms with Crippen LogP contribution in [0.25, 0.3) is 16.6 Å². The van der Waals surface area contributed by atoms with Gasteiger partial charge in [-0.3, -0.25) is 20.5 Å². The number of benzene rings is 3. The van der Waals surface area contributed by atoms with Gasteiger partial charge in [0.2, 0.25) is 0 Å². The molecule has 0 amide bonds. The first-order valence-electron chi connectivity index (χ1n) is 12.7. The number of nitro groups is 1. The second kappa shape index (κ2) is 10.7. The molecule has 5 aromatic rings. The van der Waals surface area contributed by atoms with E-state index in [-0.39, 0.29) is 12.3 Å². The van der Waals surface area contributed by atoms with Crippen LogP contribution in [0.15, 0.2) is 84.1 Å². The third kappa shape index (κ3) is 5.30. The fourth-order valence-electron chi connectivity index (χ4n) is 4.70. The van der Waals surface area contributed by atoms with Crippen LogP contribution in [0.5, 0.6) is 5.75 Å². The minimum Gasteiger partial charge on any atom is -0.487 e. The highest BCUT2D eigenvalue weighted by atomic mass is 16.6. The number of para-hydroxylation sites is 1. The summed E-state index contributed by atoms with van der Waals surface area (Å²) in [6, 6.07) is 21.9. The molecule has 2 aromatic heterocycles. The molecule has 0 fully saturated rings. The lowest BCUT2D eigenvalue weighted by molar-refractivity contribution is -0.384. The van der Waals surface area contributed by atoms with Crippen molar-refractivity contribution in [3.8, 4) is 11.4 Å². The minimum absolute atomic E-state index is 0.0245. The summed E-state index contributed by atoms with van der Waals surface area (Å²) in [4.78, 5) is 15.3. The molecule has 1 aliphatic rings. The first-order valence-corrected chi connectivity index (χ1v) is 12.7. The van der Waals surface area contributed by atoms with Crippen molar-refractivity contribution in [2.45, 2.75) is 32.3 Å². The summed E-state index contributed by atoms with van der Waals surface area (Å²) in [7, 11) is 0. The van der Waals surface area contributed by atoms with E-state index >= 15 is 0 Å². The Kier molecular flexibility index (Phi) is 6.65. The van der Waals surface area contributed by atoms with E-state index in [1.54, 1.807) is 29.2 Å². The number of rotatable bonds is 8. The Morgan fingerprint density at radius 3 is 2.64 bits per heavy atom. The average molecular weight is 520 g/mol. The molecule has 0 saturated heterocycles. The van der Waals surface area contributed by atoms with Crippen LogP contribution in [-0.4, -0.2) is 31.1 Å². The maximum atomic E-state index is 10.8. The van der Waals surface area contributed by atoms with Crippen LogP contribution in [0.1, 0.15) is 35.4 Å². The first kappa shape index (κ1) is 24.2. The molecule has 0 aliphatic heterocycles. The number of ether oxygens (including phenoxy) is 1. The van der Waals surface area contributed by atoms with Gasteiger partial charge in [-0.2, -0.15) is 5.10 Å². The third-order valence-electron chi connectivity index (χ3n) is 6.69. The average Bonchev–Trinajstić information content (AvgIpc) is 3.45. The lowest BCUT2D eigenvalue weighted by atomic mass is 9.93. The Labute approximate surface area is 224 Å². The van der Waals surface area contributed by atoms with Crippen molar-refractivity contribution < 1.29 is 9.66 Å². The quantitative estimate of drug-likeness (QED) is 0.160. The topological polar surface area (TPSA) is 120 Å². The molecule has 0 spiro atoms. The number of pyridine rings is 1. The molecule has 0 bridgehead atoms. The molecular formula is C29H25N7O3. The number of hydrazone groups is 1. The highest BCUT2D eigenvalue weighted by Crippen LogP contribution is 2.33. The van der Waals surface area contributed by atoms with E-state index in [0.29, 0.717) is 17.1 Å². The zero-order valence-electron chi connectivity index (χ0n) is 21.0. The van der Waals surface area contributed by atoms with E-state index in [9.17, 15) is 10.1 Å². The molecule has 0 radical (unpaired) electrons. The van der Waals surface area contributed by atoms with Crippen molar-refractivity contribution >= 4 is 28.5 Å². The number of aryl methyl sites for hydroxylation is 1. The summed E-state index contributed by atoms with van der Waals surface area (Å²) in [6.45, 7) is 0.238. The molecule has 0 unspecified atom stereocenters. The summed E-state index contributed by atoms with van der Waals surface area (Å²) >= 11 is 0. The van der Waals surface area contributed by atoms with Gasteiger partial charge in [0.15, 0.2) is 0 Å². The molecule has 0 atom stereocenters. The predicted octanol–water partition coefficient (Wildman–Crippen LogP) is 5.63. The second-order valence-electron chi connectivity index (χ2n) is 9.29. The van der Waals surface area contributed by atoms with Gasteiger partial charge >= 0.3 is 0 Å². The molecule has 2 heterocycles. The molecule has 10 heteroatoms. The summed E-state index contributed by atoms with van der Waals surface area (Å²) in [6.07, 6.45) is 7.89. The summed E-state index contributed by atoms with van der Waals surface area (Å²) in [5.74, 6) is 0.694. The maximum Gasteiger partial charge on any atom is 0.269 e. The molecule has 6 rings (SSSR count). The smallest absolute Gasteiger partial charge is 0.269 e. The van der Waals surface area contributed by atoms with Crippen molar-refractivity contribution in [1.82, 2.24) is 20.0 Å². The van der Waals surface area contributed by atoms with Crippen LogP contribution in [0.4, 0.5) is 11.4 Å². The number of non-ortho nitro benzene ring substituents is 1. The minimum atomic E-state index is -0.437. The summed E-state index contributed by atoms with van der Waals surface area (Å²) in [5, 5.41) is 24.7. The van der Waals surface area contributed by atoms with Crippen LogP contribution >= 0.6 is 0 Å². The standard InChI is InChI=1S/C29H25N7O3/c37-36(38)23-13-11-22(12-14-23)35-18-21(32-34-35)19-39-24-15-9-20(10-16-24)17-30-33-29-25-5-1-3-7-27(25)31-28-8-4-2-6-26(28)29/h1,3,5,7,9-18H,2,4,6,8,19H2,(H,31,33). The van der Waals surface area contributed by atoms with E-state index in [2.05, 4.69) is 26.9 Å². The van der Waals surface area contributed by atoms with Gasteiger partial charge in [-0.05, 0) is 79.3 Å². The van der Waals surface area contributed by atoms with Crippen LogP contribution in [0, 0.1) is 10.1 Å². The number of nitro benzene ring substituents is 1. The Morgan fingerprint density at radius 1 is 1.03 bits per heavy atom. The molecule has 3 aromatic carbocycles. The van der Waals surface area contributed by atoms with Crippen LogP contribution in [0.3, 0.4) is 0 Å².